The molecular weight excluding hydrogens is 380 g/mol. The first-order valence-electron chi connectivity index (χ1n) is 10.3. The molecule has 1 unspecified atom stereocenters. The molecule has 0 aliphatic carbocycles. The normalized spacial score (nSPS) is 18.5. The van der Waals surface area contributed by atoms with E-state index in [-0.39, 0.29) is 24.1 Å². The average Bonchev–Trinajstić information content (AvgIpc) is 3.07. The third-order valence-corrected chi connectivity index (χ3v) is 5.69. The molecule has 7 heteroatoms. The van der Waals surface area contributed by atoms with Crippen molar-refractivity contribution >= 4 is 17.7 Å². The van der Waals surface area contributed by atoms with Gasteiger partial charge in [0, 0.05) is 38.2 Å². The third-order valence-electron chi connectivity index (χ3n) is 5.69. The van der Waals surface area contributed by atoms with Crippen LogP contribution in [-0.2, 0) is 35.8 Å². The summed E-state index contributed by atoms with van der Waals surface area (Å²) in [6, 6.07) is 13.7. The van der Waals surface area contributed by atoms with Gasteiger partial charge in [-0.1, -0.05) is 42.5 Å². The summed E-state index contributed by atoms with van der Waals surface area (Å²) in [6.45, 7) is 2.52. The molecule has 2 aromatic carbocycles. The number of nitrogens with one attached hydrogen (secondary N) is 3. The molecular formula is C23H26N4O3. The molecule has 2 aliphatic rings. The summed E-state index contributed by atoms with van der Waals surface area (Å²) < 4.78 is 0. The number of rotatable bonds is 7. The Labute approximate surface area is 175 Å². The predicted octanol–water partition coefficient (Wildman–Crippen LogP) is 1.46. The molecule has 30 heavy (non-hydrogen) atoms. The molecule has 7 nitrogen and oxygen atoms in total. The van der Waals surface area contributed by atoms with Crippen molar-refractivity contribution in [3.8, 4) is 0 Å². The summed E-state index contributed by atoms with van der Waals surface area (Å²) in [6.07, 6.45) is 0.638. The molecule has 4 rings (SSSR count). The van der Waals surface area contributed by atoms with Gasteiger partial charge in [0.15, 0.2) is 0 Å². The van der Waals surface area contributed by atoms with Gasteiger partial charge in [-0.05, 0) is 35.7 Å². The number of carbonyl (C=O) groups excluding carboxylic acids is 3. The summed E-state index contributed by atoms with van der Waals surface area (Å²) in [4.78, 5) is 38.3. The SMILES string of the molecule is CNCc1ccc(CNCc2cccc3c2C(=O)N(C2CCC(=O)NC2=O)C3)cc1. The van der Waals surface area contributed by atoms with Gasteiger partial charge in [0.05, 0.1) is 0 Å². The Morgan fingerprint density at radius 2 is 1.73 bits per heavy atom. The molecule has 156 valence electrons. The highest BCUT2D eigenvalue weighted by Crippen LogP contribution is 2.29. The Morgan fingerprint density at radius 3 is 2.43 bits per heavy atom. The molecule has 0 saturated carbocycles. The second kappa shape index (κ2) is 8.77. The quantitative estimate of drug-likeness (QED) is 0.606. The fourth-order valence-electron chi connectivity index (χ4n) is 4.16. The highest BCUT2D eigenvalue weighted by atomic mass is 16.2. The van der Waals surface area contributed by atoms with Crippen LogP contribution in [0.15, 0.2) is 42.5 Å². The monoisotopic (exact) mass is 406 g/mol. The van der Waals surface area contributed by atoms with E-state index in [0.717, 1.165) is 17.7 Å². The van der Waals surface area contributed by atoms with Crippen LogP contribution < -0.4 is 16.0 Å². The van der Waals surface area contributed by atoms with Crippen molar-refractivity contribution < 1.29 is 14.4 Å². The lowest BCUT2D eigenvalue weighted by Gasteiger charge is -2.29. The molecule has 2 aromatic rings. The van der Waals surface area contributed by atoms with Gasteiger partial charge in [0.25, 0.3) is 5.91 Å². The average molecular weight is 406 g/mol. The van der Waals surface area contributed by atoms with E-state index < -0.39 is 6.04 Å². The van der Waals surface area contributed by atoms with Crippen molar-refractivity contribution in [2.45, 2.75) is 45.1 Å². The van der Waals surface area contributed by atoms with Gasteiger partial charge < -0.3 is 15.5 Å². The van der Waals surface area contributed by atoms with E-state index in [1.165, 1.54) is 11.1 Å². The summed E-state index contributed by atoms with van der Waals surface area (Å²) in [5.41, 5.74) is 4.96. The number of nitrogens with zero attached hydrogens (tertiary/aromatic N) is 1. The lowest BCUT2D eigenvalue weighted by Crippen LogP contribution is -2.52. The number of benzene rings is 2. The molecule has 0 aromatic heterocycles. The molecule has 1 saturated heterocycles. The van der Waals surface area contributed by atoms with Crippen LogP contribution in [0.1, 0.15) is 45.5 Å². The second-order valence-corrected chi connectivity index (χ2v) is 7.80. The van der Waals surface area contributed by atoms with Crippen LogP contribution in [0.5, 0.6) is 0 Å². The fraction of sp³-hybridized carbons (Fsp3) is 0.348. The van der Waals surface area contributed by atoms with Crippen LogP contribution in [0.3, 0.4) is 0 Å². The van der Waals surface area contributed by atoms with Gasteiger partial charge in [-0.2, -0.15) is 0 Å². The fourth-order valence-corrected chi connectivity index (χ4v) is 4.16. The van der Waals surface area contributed by atoms with E-state index in [2.05, 4.69) is 40.2 Å². The lowest BCUT2D eigenvalue weighted by atomic mass is 10.0. The minimum atomic E-state index is -0.584. The number of hydrogen-bond acceptors (Lipinski definition) is 5. The van der Waals surface area contributed by atoms with E-state index in [1.54, 1.807) is 4.90 Å². The Kier molecular flexibility index (Phi) is 5.92. The van der Waals surface area contributed by atoms with Crippen molar-refractivity contribution in [2.75, 3.05) is 7.05 Å². The Morgan fingerprint density at radius 1 is 1.00 bits per heavy atom. The zero-order valence-electron chi connectivity index (χ0n) is 17.0. The van der Waals surface area contributed by atoms with Gasteiger partial charge in [0.1, 0.15) is 6.04 Å². The van der Waals surface area contributed by atoms with Crippen molar-refractivity contribution in [3.05, 3.63) is 70.3 Å². The van der Waals surface area contributed by atoms with Gasteiger partial charge in [0.2, 0.25) is 11.8 Å². The molecule has 2 aliphatic heterocycles. The van der Waals surface area contributed by atoms with Crippen molar-refractivity contribution in [1.82, 2.24) is 20.9 Å². The zero-order chi connectivity index (χ0) is 21.1. The molecule has 0 spiro atoms. The molecule has 1 atom stereocenters. The van der Waals surface area contributed by atoms with Crippen LogP contribution in [0.25, 0.3) is 0 Å². The highest BCUT2D eigenvalue weighted by Gasteiger charge is 2.39. The first kappa shape index (κ1) is 20.3. The number of piperidine rings is 1. The number of hydrogen-bond donors (Lipinski definition) is 3. The lowest BCUT2D eigenvalue weighted by molar-refractivity contribution is -0.136. The molecule has 0 bridgehead atoms. The van der Waals surface area contributed by atoms with Crippen LogP contribution in [0.4, 0.5) is 0 Å². The predicted molar refractivity (Wildman–Crippen MR) is 112 cm³/mol. The largest absolute Gasteiger partial charge is 0.322 e. The number of carbonyl (C=O) groups is 3. The minimum Gasteiger partial charge on any atom is -0.322 e. The maximum absolute atomic E-state index is 13.1. The molecule has 0 radical (unpaired) electrons. The summed E-state index contributed by atoms with van der Waals surface area (Å²) in [5.74, 6) is -0.786. The first-order chi connectivity index (χ1) is 14.6. The van der Waals surface area contributed by atoms with E-state index in [4.69, 9.17) is 0 Å². The highest BCUT2D eigenvalue weighted by molar-refractivity contribution is 6.05. The van der Waals surface area contributed by atoms with Gasteiger partial charge >= 0.3 is 0 Å². The van der Waals surface area contributed by atoms with E-state index in [1.807, 2.05) is 25.2 Å². The molecule has 3 N–H and O–H groups in total. The van der Waals surface area contributed by atoms with Crippen LogP contribution in [-0.4, -0.2) is 35.7 Å². The van der Waals surface area contributed by atoms with E-state index >= 15 is 0 Å². The maximum Gasteiger partial charge on any atom is 0.255 e. The van der Waals surface area contributed by atoms with Gasteiger partial charge in [-0.3, -0.25) is 19.7 Å². The van der Waals surface area contributed by atoms with E-state index in [9.17, 15) is 14.4 Å². The Hall–Kier alpha value is -3.03. The van der Waals surface area contributed by atoms with E-state index in [0.29, 0.717) is 31.6 Å². The van der Waals surface area contributed by atoms with Crippen molar-refractivity contribution in [3.63, 3.8) is 0 Å². The smallest absolute Gasteiger partial charge is 0.255 e. The third kappa shape index (κ3) is 4.13. The number of fused-ring (bicyclic) bond motifs is 1. The van der Waals surface area contributed by atoms with Crippen LogP contribution in [0, 0.1) is 0 Å². The summed E-state index contributed by atoms with van der Waals surface area (Å²) >= 11 is 0. The Bertz CT molecular complexity index is 971. The number of imide groups is 1. The Balaban J connectivity index is 1.42. The standard InChI is InChI=1S/C23H26N4O3/c1-24-11-15-5-7-16(8-6-15)12-25-13-17-3-2-4-18-14-27(23(30)21(17)18)19-9-10-20(28)26-22(19)29/h2-8,19,24-25H,9-14H2,1H3,(H,26,28,29). The van der Waals surface area contributed by atoms with Crippen molar-refractivity contribution in [2.24, 2.45) is 0 Å². The first-order valence-corrected chi connectivity index (χ1v) is 10.3. The van der Waals surface area contributed by atoms with Crippen LogP contribution >= 0.6 is 0 Å². The summed E-state index contributed by atoms with van der Waals surface area (Å²) in [7, 11) is 1.93. The van der Waals surface area contributed by atoms with Crippen LogP contribution in [0.2, 0.25) is 0 Å². The van der Waals surface area contributed by atoms with Gasteiger partial charge in [-0.15, -0.1) is 0 Å². The van der Waals surface area contributed by atoms with Crippen molar-refractivity contribution in [1.29, 1.82) is 0 Å². The van der Waals surface area contributed by atoms with Gasteiger partial charge in [-0.25, -0.2) is 0 Å². The maximum atomic E-state index is 13.1. The topological polar surface area (TPSA) is 90.5 Å². The molecule has 3 amide bonds. The zero-order valence-corrected chi connectivity index (χ0v) is 17.0. The number of amides is 3. The molecule has 1 fully saturated rings. The second-order valence-electron chi connectivity index (χ2n) is 7.80. The minimum absolute atomic E-state index is 0.131. The summed E-state index contributed by atoms with van der Waals surface area (Å²) in [5, 5.41) is 8.90. The molecule has 2 heterocycles.